The van der Waals surface area contributed by atoms with Crippen LogP contribution in [0.15, 0.2) is 78.9 Å². The van der Waals surface area contributed by atoms with Gasteiger partial charge in [0.2, 0.25) is 0 Å². The monoisotopic (exact) mass is 403 g/mol. The Hall–Kier alpha value is -4.26. The lowest BCUT2D eigenvalue weighted by Gasteiger charge is -2.04. The average Bonchev–Trinajstić information content (AvgIpc) is 2.78. The topological polar surface area (TPSA) is 95.7 Å². The first-order valence-corrected chi connectivity index (χ1v) is 8.89. The van der Waals surface area contributed by atoms with Gasteiger partial charge in [0.15, 0.2) is 5.78 Å². The van der Waals surface area contributed by atoms with Crippen LogP contribution >= 0.6 is 0 Å². The van der Waals surface area contributed by atoms with Crippen molar-refractivity contribution < 1.29 is 24.0 Å². The number of methoxy groups -OCH3 is 1. The number of ketones is 1. The molecule has 0 saturated carbocycles. The number of nitro benzene ring substituents is 1. The molecule has 7 heteroatoms. The van der Waals surface area contributed by atoms with Crippen LogP contribution in [-0.2, 0) is 0 Å². The predicted octanol–water partition coefficient (Wildman–Crippen LogP) is 4.72. The van der Waals surface area contributed by atoms with Crippen molar-refractivity contribution in [1.82, 2.24) is 0 Å². The van der Waals surface area contributed by atoms with E-state index in [0.29, 0.717) is 17.1 Å². The van der Waals surface area contributed by atoms with E-state index in [1.54, 1.807) is 61.7 Å². The van der Waals surface area contributed by atoms with E-state index in [4.69, 9.17) is 9.47 Å². The molecular weight excluding hydrogens is 386 g/mol. The summed E-state index contributed by atoms with van der Waals surface area (Å²) >= 11 is 0. The molecule has 0 aromatic heterocycles. The fourth-order valence-corrected chi connectivity index (χ4v) is 2.56. The molecule has 0 N–H and O–H groups in total. The number of esters is 1. The van der Waals surface area contributed by atoms with Gasteiger partial charge in [-0.1, -0.05) is 18.2 Å². The van der Waals surface area contributed by atoms with Crippen LogP contribution in [-0.4, -0.2) is 23.8 Å². The number of carbonyl (C=O) groups excluding carboxylic acids is 2. The van der Waals surface area contributed by atoms with E-state index in [1.807, 2.05) is 0 Å². The molecule has 30 heavy (non-hydrogen) atoms. The fourth-order valence-electron chi connectivity index (χ4n) is 2.56. The smallest absolute Gasteiger partial charge is 0.343 e. The standard InChI is InChI=1S/C23H17NO6/c1-29-20-13-7-17(8-14-20)22(25)15-4-16-2-11-21(12-3-16)30-23(26)18-5-9-19(10-6-18)24(27)28/h2-15H,1H3/b15-4+. The Kier molecular flexibility index (Phi) is 6.34. The van der Waals surface area contributed by atoms with Gasteiger partial charge in [-0.15, -0.1) is 0 Å². The number of rotatable bonds is 7. The van der Waals surface area contributed by atoms with E-state index in [9.17, 15) is 19.7 Å². The minimum Gasteiger partial charge on any atom is -0.497 e. The van der Waals surface area contributed by atoms with E-state index >= 15 is 0 Å². The number of nitrogens with zero attached hydrogens (tertiary/aromatic N) is 1. The number of hydrogen-bond acceptors (Lipinski definition) is 6. The minimum atomic E-state index is -0.622. The summed E-state index contributed by atoms with van der Waals surface area (Å²) in [6.07, 6.45) is 3.12. The molecule has 0 spiro atoms. The van der Waals surface area contributed by atoms with Crippen LogP contribution in [0, 0.1) is 10.1 Å². The van der Waals surface area contributed by atoms with E-state index in [-0.39, 0.29) is 17.0 Å². The Morgan fingerprint density at radius 2 is 1.40 bits per heavy atom. The van der Waals surface area contributed by atoms with E-state index in [0.717, 1.165) is 5.56 Å². The van der Waals surface area contributed by atoms with Crippen LogP contribution in [0.1, 0.15) is 26.3 Å². The summed E-state index contributed by atoms with van der Waals surface area (Å²) in [5, 5.41) is 10.7. The van der Waals surface area contributed by atoms with Crippen molar-refractivity contribution >= 4 is 23.5 Å². The van der Waals surface area contributed by atoms with E-state index < -0.39 is 10.9 Å². The molecule has 0 unspecified atom stereocenters. The van der Waals surface area contributed by atoms with Gasteiger partial charge in [-0.2, -0.15) is 0 Å². The summed E-state index contributed by atoms with van der Waals surface area (Å²) in [6.45, 7) is 0. The number of ether oxygens (including phenoxy) is 2. The molecule has 3 aromatic carbocycles. The molecule has 3 rings (SSSR count). The number of carbonyl (C=O) groups is 2. The number of benzene rings is 3. The molecule has 0 amide bonds. The molecule has 150 valence electrons. The quantitative estimate of drug-likeness (QED) is 0.141. The average molecular weight is 403 g/mol. The summed E-state index contributed by atoms with van der Waals surface area (Å²) in [5.41, 5.74) is 1.40. The van der Waals surface area contributed by atoms with Crippen molar-refractivity contribution in [1.29, 1.82) is 0 Å². The molecule has 3 aromatic rings. The molecule has 0 aliphatic carbocycles. The van der Waals surface area contributed by atoms with Gasteiger partial charge in [0.25, 0.3) is 5.69 Å². The van der Waals surface area contributed by atoms with Crippen molar-refractivity contribution in [2.45, 2.75) is 0 Å². The van der Waals surface area contributed by atoms with Crippen LogP contribution in [0.25, 0.3) is 6.08 Å². The number of nitro groups is 1. The number of allylic oxidation sites excluding steroid dienone is 1. The molecule has 0 fully saturated rings. The van der Waals surface area contributed by atoms with Crippen molar-refractivity contribution in [2.24, 2.45) is 0 Å². The van der Waals surface area contributed by atoms with Gasteiger partial charge >= 0.3 is 5.97 Å². The van der Waals surface area contributed by atoms with Crippen LogP contribution in [0.3, 0.4) is 0 Å². The fraction of sp³-hybridized carbons (Fsp3) is 0.0435. The normalized spacial score (nSPS) is 10.6. The minimum absolute atomic E-state index is 0.105. The highest BCUT2D eigenvalue weighted by molar-refractivity contribution is 6.06. The third-order valence-electron chi connectivity index (χ3n) is 4.21. The molecule has 0 aliphatic rings. The lowest BCUT2D eigenvalue weighted by molar-refractivity contribution is -0.384. The second kappa shape index (κ2) is 9.29. The Balaban J connectivity index is 1.61. The summed E-state index contributed by atoms with van der Waals surface area (Å²) in [6, 6.07) is 18.6. The third kappa shape index (κ3) is 5.17. The number of non-ortho nitro benzene ring substituents is 1. The maximum Gasteiger partial charge on any atom is 0.343 e. The van der Waals surface area contributed by atoms with E-state index in [1.165, 1.54) is 30.3 Å². The molecule has 0 aliphatic heterocycles. The summed E-state index contributed by atoms with van der Waals surface area (Å²) in [5.74, 6) is 0.223. The highest BCUT2D eigenvalue weighted by Gasteiger charge is 2.11. The largest absolute Gasteiger partial charge is 0.497 e. The van der Waals surface area contributed by atoms with Crippen molar-refractivity contribution in [2.75, 3.05) is 7.11 Å². The Morgan fingerprint density at radius 3 is 1.97 bits per heavy atom. The molecule has 0 atom stereocenters. The van der Waals surface area contributed by atoms with Crippen molar-refractivity contribution in [3.63, 3.8) is 0 Å². The van der Waals surface area contributed by atoms with Crippen LogP contribution < -0.4 is 9.47 Å². The second-order valence-electron chi connectivity index (χ2n) is 6.19. The highest BCUT2D eigenvalue weighted by Crippen LogP contribution is 2.18. The van der Waals surface area contributed by atoms with Gasteiger partial charge in [0, 0.05) is 17.7 Å². The Morgan fingerprint density at radius 1 is 0.833 bits per heavy atom. The predicted molar refractivity (Wildman–Crippen MR) is 111 cm³/mol. The maximum atomic E-state index is 12.2. The van der Waals surface area contributed by atoms with Crippen molar-refractivity contribution in [3.8, 4) is 11.5 Å². The molecule has 0 radical (unpaired) electrons. The van der Waals surface area contributed by atoms with Crippen LogP contribution in [0.4, 0.5) is 5.69 Å². The zero-order valence-corrected chi connectivity index (χ0v) is 16.0. The third-order valence-corrected chi connectivity index (χ3v) is 4.21. The maximum absolute atomic E-state index is 12.2. The first-order valence-electron chi connectivity index (χ1n) is 8.89. The second-order valence-corrected chi connectivity index (χ2v) is 6.19. The van der Waals surface area contributed by atoms with Gasteiger partial charge in [-0.05, 0) is 60.2 Å². The van der Waals surface area contributed by atoms with Gasteiger partial charge in [0.05, 0.1) is 17.6 Å². The SMILES string of the molecule is COc1ccc(C(=O)/C=C/c2ccc(OC(=O)c3ccc([N+](=O)[O-])cc3)cc2)cc1. The van der Waals surface area contributed by atoms with Gasteiger partial charge < -0.3 is 9.47 Å². The van der Waals surface area contributed by atoms with E-state index in [2.05, 4.69) is 0 Å². The van der Waals surface area contributed by atoms with Gasteiger partial charge in [0.1, 0.15) is 11.5 Å². The zero-order valence-electron chi connectivity index (χ0n) is 16.0. The summed E-state index contributed by atoms with van der Waals surface area (Å²) < 4.78 is 10.3. The highest BCUT2D eigenvalue weighted by atomic mass is 16.6. The van der Waals surface area contributed by atoms with Gasteiger partial charge in [-0.25, -0.2) is 4.79 Å². The lowest BCUT2D eigenvalue weighted by atomic mass is 10.1. The molecule has 0 saturated heterocycles. The van der Waals surface area contributed by atoms with Crippen molar-refractivity contribution in [3.05, 3.63) is 106 Å². The molecule has 0 bridgehead atoms. The Labute approximate surface area is 172 Å². The van der Waals surface area contributed by atoms with Crippen LogP contribution in [0.5, 0.6) is 11.5 Å². The molecular formula is C23H17NO6. The summed E-state index contributed by atoms with van der Waals surface area (Å²) in [7, 11) is 1.56. The summed E-state index contributed by atoms with van der Waals surface area (Å²) in [4.78, 5) is 34.5. The lowest BCUT2D eigenvalue weighted by Crippen LogP contribution is -2.08. The first-order chi connectivity index (χ1) is 14.5. The Bertz CT molecular complexity index is 1080. The zero-order chi connectivity index (χ0) is 21.5. The molecule has 7 nitrogen and oxygen atoms in total. The first kappa shape index (κ1) is 20.5. The molecule has 0 heterocycles. The number of hydrogen-bond donors (Lipinski definition) is 0. The van der Waals surface area contributed by atoms with Crippen LogP contribution in [0.2, 0.25) is 0 Å². The van der Waals surface area contributed by atoms with Gasteiger partial charge in [-0.3, -0.25) is 14.9 Å².